The minimum Gasteiger partial charge on any atom is -0.345 e. The van der Waals surface area contributed by atoms with Crippen molar-refractivity contribution in [3.8, 4) is 0 Å². The molecule has 0 saturated carbocycles. The number of benzene rings is 3. The number of allylic oxidation sites excluding steroid dienone is 11. The van der Waals surface area contributed by atoms with Gasteiger partial charge in [-0.25, -0.2) is 0 Å². The van der Waals surface area contributed by atoms with Crippen molar-refractivity contribution in [3.63, 3.8) is 0 Å². The van der Waals surface area contributed by atoms with Gasteiger partial charge in [-0.3, -0.25) is 0 Å². The van der Waals surface area contributed by atoms with Crippen LogP contribution in [0.2, 0.25) is 0 Å². The molecule has 2 aliphatic carbocycles. The highest BCUT2D eigenvalue weighted by atomic mass is 32.1. The second-order valence-electron chi connectivity index (χ2n) is 10.9. The molecule has 0 aliphatic heterocycles. The average molecular weight is 552 g/mol. The number of fused-ring (bicyclic) bond motifs is 4. The topological polar surface area (TPSA) is 3.24 Å². The van der Waals surface area contributed by atoms with E-state index < -0.39 is 0 Å². The predicted octanol–water partition coefficient (Wildman–Crippen LogP) is 10.7. The third-order valence-electron chi connectivity index (χ3n) is 8.17. The maximum Gasteiger partial charge on any atom is 0.0551 e. The molecule has 0 fully saturated rings. The fourth-order valence-electron chi connectivity index (χ4n) is 5.98. The maximum atomic E-state index is 2.41. The minimum absolute atomic E-state index is 0.292. The minimum atomic E-state index is 0.292. The summed E-state index contributed by atoms with van der Waals surface area (Å²) in [5, 5.41) is 2.71. The summed E-state index contributed by atoms with van der Waals surface area (Å²) in [7, 11) is 0. The first-order chi connectivity index (χ1) is 20.1. The third kappa shape index (κ3) is 5.71. The van der Waals surface area contributed by atoms with E-state index in [4.69, 9.17) is 0 Å². The number of hydrogen-bond donors (Lipinski definition) is 0. The van der Waals surface area contributed by atoms with E-state index in [1.54, 1.807) is 0 Å². The summed E-state index contributed by atoms with van der Waals surface area (Å²) >= 11 is 1.88. The lowest BCUT2D eigenvalue weighted by Crippen LogP contribution is -2.28. The molecular formula is C39H37NS. The van der Waals surface area contributed by atoms with Gasteiger partial charge in [0.15, 0.2) is 0 Å². The Morgan fingerprint density at radius 1 is 0.829 bits per heavy atom. The zero-order valence-electron chi connectivity index (χ0n) is 24.2. The molecule has 6 rings (SSSR count). The molecule has 41 heavy (non-hydrogen) atoms. The van der Waals surface area contributed by atoms with Crippen LogP contribution in [-0.2, 0) is 12.8 Å². The van der Waals surface area contributed by atoms with Crippen LogP contribution >= 0.6 is 11.3 Å². The second kappa shape index (κ2) is 12.2. The SMILES string of the molecule is CC=CC=C1Cc2ccccc2CC1=CC=C(C)N(C=CC)C1C=CC(c2ccc3sc4ccccc4c3c2)=CC1. The fourth-order valence-corrected chi connectivity index (χ4v) is 7.06. The van der Waals surface area contributed by atoms with E-state index in [9.17, 15) is 0 Å². The lowest BCUT2D eigenvalue weighted by molar-refractivity contribution is 0.394. The van der Waals surface area contributed by atoms with Crippen LogP contribution < -0.4 is 0 Å². The van der Waals surface area contributed by atoms with Gasteiger partial charge in [0.05, 0.1) is 6.04 Å². The Balaban J connectivity index is 1.23. The lowest BCUT2D eigenvalue weighted by Gasteiger charge is -2.30. The molecule has 0 spiro atoms. The highest BCUT2D eigenvalue weighted by Crippen LogP contribution is 2.36. The molecule has 0 saturated heterocycles. The van der Waals surface area contributed by atoms with Gasteiger partial charge in [-0.05, 0) is 97.7 Å². The molecule has 4 aromatic rings. The van der Waals surface area contributed by atoms with Crippen molar-refractivity contribution in [3.05, 3.63) is 161 Å². The molecule has 1 aromatic heterocycles. The molecule has 1 heterocycles. The number of rotatable bonds is 6. The van der Waals surface area contributed by atoms with Crippen LogP contribution in [0.1, 0.15) is 43.9 Å². The Morgan fingerprint density at radius 2 is 1.56 bits per heavy atom. The van der Waals surface area contributed by atoms with Gasteiger partial charge < -0.3 is 4.90 Å². The number of nitrogens with zero attached hydrogens (tertiary/aromatic N) is 1. The van der Waals surface area contributed by atoms with Gasteiger partial charge in [0.1, 0.15) is 0 Å². The van der Waals surface area contributed by atoms with E-state index in [0.29, 0.717) is 6.04 Å². The van der Waals surface area contributed by atoms with Crippen molar-refractivity contribution in [1.29, 1.82) is 0 Å². The molecular weight excluding hydrogens is 515 g/mol. The standard InChI is InChI=1S/C39H37NS/c1-4-6-11-30-25-31-12-7-8-13-32(31)26-33(30)17-16-28(3)40(24-5-2)35-21-18-29(19-22-35)34-20-23-39-37(27-34)36-14-9-10-15-38(36)41-39/h4-21,23-24,27,35H,22,25-26H2,1-3H3. The molecule has 0 radical (unpaired) electrons. The first-order valence-electron chi connectivity index (χ1n) is 14.6. The largest absolute Gasteiger partial charge is 0.345 e. The molecule has 2 heteroatoms. The Bertz CT molecular complexity index is 1800. The molecule has 204 valence electrons. The van der Waals surface area contributed by atoms with Crippen molar-refractivity contribution in [2.24, 2.45) is 0 Å². The van der Waals surface area contributed by atoms with Crippen molar-refractivity contribution in [2.75, 3.05) is 0 Å². The van der Waals surface area contributed by atoms with Gasteiger partial charge in [-0.1, -0.05) is 97.1 Å². The van der Waals surface area contributed by atoms with E-state index in [1.807, 2.05) is 11.3 Å². The average Bonchev–Trinajstić information content (AvgIpc) is 3.39. The van der Waals surface area contributed by atoms with Crippen molar-refractivity contribution >= 4 is 37.1 Å². The lowest BCUT2D eigenvalue weighted by atomic mass is 9.83. The summed E-state index contributed by atoms with van der Waals surface area (Å²) in [6.45, 7) is 6.41. The highest BCUT2D eigenvalue weighted by molar-refractivity contribution is 7.25. The zero-order valence-corrected chi connectivity index (χ0v) is 25.0. The van der Waals surface area contributed by atoms with Crippen LogP contribution in [0.5, 0.6) is 0 Å². The summed E-state index contributed by atoms with van der Waals surface area (Å²) in [5.41, 5.74) is 9.54. The molecule has 0 N–H and O–H groups in total. The first-order valence-corrected chi connectivity index (χ1v) is 15.4. The van der Waals surface area contributed by atoms with Crippen LogP contribution in [0, 0.1) is 0 Å². The zero-order chi connectivity index (χ0) is 28.2. The van der Waals surface area contributed by atoms with Crippen LogP contribution in [-0.4, -0.2) is 10.9 Å². The molecule has 0 amide bonds. The fraction of sp³-hybridized carbons (Fsp3) is 0.179. The summed E-state index contributed by atoms with van der Waals surface area (Å²) in [5.74, 6) is 0. The summed E-state index contributed by atoms with van der Waals surface area (Å²) in [6, 6.07) is 24.8. The first kappa shape index (κ1) is 27.1. The van der Waals surface area contributed by atoms with Gasteiger partial charge in [0.2, 0.25) is 0 Å². The third-order valence-corrected chi connectivity index (χ3v) is 9.32. The highest BCUT2D eigenvalue weighted by Gasteiger charge is 2.19. The van der Waals surface area contributed by atoms with E-state index in [-0.39, 0.29) is 0 Å². The molecule has 1 nitrogen and oxygen atoms in total. The van der Waals surface area contributed by atoms with Crippen LogP contribution in [0.3, 0.4) is 0 Å². The molecule has 0 bridgehead atoms. The van der Waals surface area contributed by atoms with E-state index >= 15 is 0 Å². The van der Waals surface area contributed by atoms with Crippen LogP contribution in [0.25, 0.3) is 25.7 Å². The monoisotopic (exact) mass is 551 g/mol. The van der Waals surface area contributed by atoms with E-state index in [0.717, 1.165) is 19.3 Å². The van der Waals surface area contributed by atoms with Crippen LogP contribution in [0.4, 0.5) is 0 Å². The summed E-state index contributed by atoms with van der Waals surface area (Å²) in [6.07, 6.45) is 25.6. The van der Waals surface area contributed by atoms with Crippen molar-refractivity contribution in [1.82, 2.24) is 4.90 Å². The number of thiophene rings is 1. The van der Waals surface area contributed by atoms with Crippen molar-refractivity contribution < 1.29 is 0 Å². The molecule has 2 aliphatic rings. The van der Waals surface area contributed by atoms with Crippen molar-refractivity contribution in [2.45, 2.75) is 46.1 Å². The van der Waals surface area contributed by atoms with E-state index in [2.05, 4.69) is 153 Å². The predicted molar refractivity (Wildman–Crippen MR) is 180 cm³/mol. The number of hydrogen-bond acceptors (Lipinski definition) is 2. The van der Waals surface area contributed by atoms with Gasteiger partial charge in [0.25, 0.3) is 0 Å². The smallest absolute Gasteiger partial charge is 0.0551 e. The molecule has 1 unspecified atom stereocenters. The molecule has 3 aromatic carbocycles. The van der Waals surface area contributed by atoms with Crippen LogP contribution in [0.15, 0.2) is 144 Å². The quantitative estimate of drug-likeness (QED) is 0.230. The second-order valence-corrected chi connectivity index (χ2v) is 11.9. The summed E-state index contributed by atoms with van der Waals surface area (Å²) < 4.78 is 2.71. The normalized spacial score (nSPS) is 19.6. The van der Waals surface area contributed by atoms with Gasteiger partial charge >= 0.3 is 0 Å². The van der Waals surface area contributed by atoms with Gasteiger partial charge in [-0.15, -0.1) is 11.3 Å². The van der Waals surface area contributed by atoms with E-state index in [1.165, 1.54) is 59.3 Å². The van der Waals surface area contributed by atoms with Gasteiger partial charge in [-0.2, -0.15) is 0 Å². The molecule has 1 atom stereocenters. The Kier molecular flexibility index (Phi) is 8.02. The Labute approximate surface area is 248 Å². The Hall–Kier alpha value is -4.14. The van der Waals surface area contributed by atoms with Gasteiger partial charge in [0, 0.05) is 32.1 Å². The summed E-state index contributed by atoms with van der Waals surface area (Å²) in [4.78, 5) is 2.41. The Morgan fingerprint density at radius 3 is 2.29 bits per heavy atom. The maximum absolute atomic E-state index is 2.41.